The molecule has 2 N–H and O–H groups in total. The molecule has 4 aliphatic carbocycles. The van der Waals surface area contributed by atoms with Gasteiger partial charge in [0.15, 0.2) is 0 Å². The molecule has 1 aliphatic heterocycles. The van der Waals surface area contributed by atoms with Crippen molar-refractivity contribution in [2.75, 3.05) is 13.1 Å². The van der Waals surface area contributed by atoms with Gasteiger partial charge in [0.1, 0.15) is 5.78 Å². The van der Waals surface area contributed by atoms with Gasteiger partial charge in [-0.15, -0.1) is 0 Å². The molecule has 1 unspecified atom stereocenters. The van der Waals surface area contributed by atoms with Gasteiger partial charge in [0.05, 0.1) is 5.60 Å². The molecule has 0 bridgehead atoms. The summed E-state index contributed by atoms with van der Waals surface area (Å²) in [5.41, 5.74) is -0.547. The third-order valence-corrected chi connectivity index (χ3v) is 11.9. The lowest BCUT2D eigenvalue weighted by Crippen LogP contribution is -2.66. The topological polar surface area (TPSA) is 49.3 Å². The van der Waals surface area contributed by atoms with Crippen LogP contribution in [0.1, 0.15) is 78.6 Å². The monoisotopic (exact) mass is 405 g/mol. The first-order valence-electron chi connectivity index (χ1n) is 11.9. The van der Waals surface area contributed by atoms with Crippen molar-refractivity contribution in [1.82, 2.24) is 5.32 Å². The van der Waals surface area contributed by atoms with Crippen molar-refractivity contribution in [1.29, 1.82) is 0 Å². The van der Waals surface area contributed by atoms with E-state index in [1.165, 1.54) is 19.3 Å². The summed E-state index contributed by atoms with van der Waals surface area (Å²) in [4.78, 5) is 12.7. The molecule has 5 fully saturated rings. The number of hydrogen-bond acceptors (Lipinski definition) is 4. The predicted octanol–water partition coefficient (Wildman–Crippen LogP) is 4.42. The summed E-state index contributed by atoms with van der Waals surface area (Å²) in [5, 5.41) is 17.0. The van der Waals surface area contributed by atoms with E-state index in [0.29, 0.717) is 34.7 Å². The second kappa shape index (κ2) is 6.72. The Balaban J connectivity index is 1.39. The quantitative estimate of drug-likeness (QED) is 0.714. The maximum Gasteiger partial charge on any atom is 0.139 e. The first-order valence-corrected chi connectivity index (χ1v) is 12.8. The smallest absolute Gasteiger partial charge is 0.139 e. The summed E-state index contributed by atoms with van der Waals surface area (Å²) in [7, 11) is 0. The SMILES string of the molecule is C[C@H]1C[C@H]2[C@@H]3CCC(=O)[C@@]3(C)CC[C@@H]2[C@@]2(C)CC[C@@H](SC3CCNC3)C[C@]12O. The fraction of sp³-hybridized carbons (Fsp3) is 0.958. The Morgan fingerprint density at radius 1 is 1.07 bits per heavy atom. The van der Waals surface area contributed by atoms with Gasteiger partial charge in [0, 0.05) is 28.9 Å². The molecule has 28 heavy (non-hydrogen) atoms. The number of carbonyl (C=O) groups excluding carboxylic acids is 1. The molecule has 4 heteroatoms. The third kappa shape index (κ3) is 2.66. The van der Waals surface area contributed by atoms with E-state index in [1.807, 2.05) is 0 Å². The van der Waals surface area contributed by atoms with Crippen LogP contribution in [-0.2, 0) is 4.79 Å². The molecule has 1 heterocycles. The summed E-state index contributed by atoms with van der Waals surface area (Å²) < 4.78 is 0. The normalized spacial score (nSPS) is 56.2. The van der Waals surface area contributed by atoms with Crippen molar-refractivity contribution in [3.8, 4) is 0 Å². The summed E-state index contributed by atoms with van der Waals surface area (Å²) in [6, 6.07) is 0. The van der Waals surface area contributed by atoms with Crippen LogP contribution in [0.2, 0.25) is 0 Å². The maximum absolute atomic E-state index is 12.7. The van der Waals surface area contributed by atoms with E-state index in [1.54, 1.807) is 0 Å². The average Bonchev–Trinajstić information content (AvgIpc) is 3.26. The molecule has 1 saturated heterocycles. The molecule has 0 radical (unpaired) electrons. The van der Waals surface area contributed by atoms with Gasteiger partial charge in [0.25, 0.3) is 0 Å². The Labute approximate surface area is 175 Å². The van der Waals surface area contributed by atoms with E-state index in [-0.39, 0.29) is 10.8 Å². The molecule has 4 saturated carbocycles. The maximum atomic E-state index is 12.7. The fourth-order valence-corrected chi connectivity index (χ4v) is 10.2. The van der Waals surface area contributed by atoms with Crippen molar-refractivity contribution in [2.24, 2.45) is 34.5 Å². The molecule has 3 nitrogen and oxygen atoms in total. The van der Waals surface area contributed by atoms with E-state index in [2.05, 4.69) is 37.8 Å². The van der Waals surface area contributed by atoms with Crippen LogP contribution in [0.4, 0.5) is 0 Å². The number of aliphatic hydroxyl groups is 1. The number of fused-ring (bicyclic) bond motifs is 5. The second-order valence-electron chi connectivity index (χ2n) is 11.4. The van der Waals surface area contributed by atoms with Gasteiger partial charge in [0.2, 0.25) is 0 Å². The number of ketones is 1. The van der Waals surface area contributed by atoms with E-state index in [9.17, 15) is 9.90 Å². The fourth-order valence-electron chi connectivity index (χ4n) is 8.54. The number of carbonyl (C=O) groups is 1. The molecular weight excluding hydrogens is 366 g/mol. The van der Waals surface area contributed by atoms with Gasteiger partial charge in [-0.05, 0) is 87.0 Å². The Bertz CT molecular complexity index is 649. The first-order chi connectivity index (χ1) is 13.3. The van der Waals surface area contributed by atoms with Crippen molar-refractivity contribution in [2.45, 2.75) is 94.7 Å². The van der Waals surface area contributed by atoms with Gasteiger partial charge in [-0.25, -0.2) is 0 Å². The van der Waals surface area contributed by atoms with Crippen molar-refractivity contribution in [3.63, 3.8) is 0 Å². The van der Waals surface area contributed by atoms with Gasteiger partial charge in [-0.2, -0.15) is 11.8 Å². The van der Waals surface area contributed by atoms with Crippen LogP contribution in [0.3, 0.4) is 0 Å². The van der Waals surface area contributed by atoms with Gasteiger partial charge >= 0.3 is 0 Å². The molecule has 0 aromatic heterocycles. The van der Waals surface area contributed by atoms with Crippen LogP contribution in [0.25, 0.3) is 0 Å². The molecule has 158 valence electrons. The summed E-state index contributed by atoms with van der Waals surface area (Å²) >= 11 is 2.16. The zero-order valence-corrected chi connectivity index (χ0v) is 18.8. The van der Waals surface area contributed by atoms with Crippen molar-refractivity contribution >= 4 is 17.5 Å². The highest BCUT2D eigenvalue weighted by Crippen LogP contribution is 2.68. The Morgan fingerprint density at radius 2 is 1.89 bits per heavy atom. The molecule has 0 amide bonds. The standard InChI is InChI=1S/C24H39NO2S/c1-15-12-18-19-4-5-21(26)22(19,2)9-7-20(18)23(3)10-6-16(13-24(15,23)27)28-17-8-11-25-14-17/h15-20,25,27H,4-14H2,1-3H3/t15-,16+,17?,18-,19-,20-,22-,23+,24-/m0/s1. The van der Waals surface area contributed by atoms with Crippen molar-refractivity contribution in [3.05, 3.63) is 0 Å². The van der Waals surface area contributed by atoms with Crippen LogP contribution >= 0.6 is 11.8 Å². The molecule has 9 atom stereocenters. The predicted molar refractivity (Wildman–Crippen MR) is 115 cm³/mol. The molecule has 5 rings (SSSR count). The van der Waals surface area contributed by atoms with Crippen LogP contribution < -0.4 is 5.32 Å². The highest BCUT2D eigenvalue weighted by Gasteiger charge is 2.66. The lowest BCUT2D eigenvalue weighted by atomic mass is 9.41. The minimum absolute atomic E-state index is 0.0350. The first kappa shape index (κ1) is 19.9. The molecule has 0 spiro atoms. The van der Waals surface area contributed by atoms with E-state index in [4.69, 9.17) is 0 Å². The van der Waals surface area contributed by atoms with Gasteiger partial charge in [-0.1, -0.05) is 20.8 Å². The largest absolute Gasteiger partial charge is 0.389 e. The second-order valence-corrected chi connectivity index (χ2v) is 13.0. The molecule has 5 aliphatic rings. The Hall–Kier alpha value is -0.0600. The zero-order valence-electron chi connectivity index (χ0n) is 18.0. The number of hydrogen-bond donors (Lipinski definition) is 2. The van der Waals surface area contributed by atoms with E-state index < -0.39 is 5.60 Å². The highest BCUT2D eigenvalue weighted by molar-refractivity contribution is 8.00. The zero-order chi connectivity index (χ0) is 19.7. The summed E-state index contributed by atoms with van der Waals surface area (Å²) in [6.45, 7) is 9.32. The van der Waals surface area contributed by atoms with Crippen LogP contribution in [0.5, 0.6) is 0 Å². The minimum Gasteiger partial charge on any atom is -0.389 e. The Kier molecular flexibility index (Phi) is 4.77. The molecule has 0 aromatic carbocycles. The van der Waals surface area contributed by atoms with Gasteiger partial charge in [-0.3, -0.25) is 4.79 Å². The number of thioether (sulfide) groups is 1. The van der Waals surface area contributed by atoms with Crippen LogP contribution in [0, 0.1) is 34.5 Å². The van der Waals surface area contributed by atoms with E-state index >= 15 is 0 Å². The number of Topliss-reactive ketones (excluding diaryl/α,β-unsaturated/α-hetero) is 1. The minimum atomic E-state index is -0.521. The Morgan fingerprint density at radius 3 is 2.64 bits per heavy atom. The number of rotatable bonds is 2. The lowest BCUT2D eigenvalue weighted by Gasteiger charge is -2.65. The average molecular weight is 406 g/mol. The van der Waals surface area contributed by atoms with E-state index in [0.717, 1.165) is 56.9 Å². The molecule has 0 aromatic rings. The molecular formula is C24H39NO2S. The third-order valence-electron chi connectivity index (χ3n) is 10.3. The van der Waals surface area contributed by atoms with Crippen LogP contribution in [-0.4, -0.2) is 40.1 Å². The van der Waals surface area contributed by atoms with Gasteiger partial charge < -0.3 is 10.4 Å². The summed E-state index contributed by atoms with van der Waals surface area (Å²) in [5.74, 6) is 2.70. The highest BCUT2D eigenvalue weighted by atomic mass is 32.2. The van der Waals surface area contributed by atoms with Crippen molar-refractivity contribution < 1.29 is 9.90 Å². The number of nitrogens with one attached hydrogen (secondary N) is 1. The summed E-state index contributed by atoms with van der Waals surface area (Å²) in [6.07, 6.45) is 9.94. The lowest BCUT2D eigenvalue weighted by molar-refractivity contribution is -0.226. The van der Waals surface area contributed by atoms with Crippen LogP contribution in [0.15, 0.2) is 0 Å².